The number of rotatable bonds is 3. The molecule has 5 nitrogen and oxygen atoms in total. The zero-order chi connectivity index (χ0) is 18.3. The smallest absolute Gasteiger partial charge is 0.186 e. The predicted octanol–water partition coefficient (Wildman–Crippen LogP) is 3.68. The van der Waals surface area contributed by atoms with Crippen molar-refractivity contribution < 1.29 is 8.42 Å². The average molecular weight is 408 g/mol. The molecule has 1 saturated heterocycles. The van der Waals surface area contributed by atoms with Crippen LogP contribution in [0.4, 0.5) is 10.8 Å². The van der Waals surface area contributed by atoms with E-state index in [0.717, 1.165) is 52.2 Å². The number of nitrogens with zero attached hydrogens (tertiary/aromatic N) is 3. The molecule has 0 saturated carbocycles. The first kappa shape index (κ1) is 17.6. The summed E-state index contributed by atoms with van der Waals surface area (Å²) in [5, 5.41) is 1.71. The standard InChI is InChI=1S/C18H18ClN3O2S2/c1-26(23,24)13-6-7-15-17(12-13)25-18(20-15)22-10-8-21(9-11-22)16-5-3-2-4-14(16)19/h2-7,12H,8-11H2,1H3. The Hall–Kier alpha value is -1.83. The van der Waals surface area contributed by atoms with Crippen molar-refractivity contribution in [1.82, 2.24) is 4.98 Å². The van der Waals surface area contributed by atoms with Gasteiger partial charge in [0.2, 0.25) is 0 Å². The third-order valence-electron chi connectivity index (χ3n) is 4.52. The Morgan fingerprint density at radius 2 is 1.73 bits per heavy atom. The Balaban J connectivity index is 1.53. The van der Waals surface area contributed by atoms with Gasteiger partial charge >= 0.3 is 0 Å². The lowest BCUT2D eigenvalue weighted by Crippen LogP contribution is -2.46. The SMILES string of the molecule is CS(=O)(=O)c1ccc2nc(N3CCN(c4ccccc4Cl)CC3)sc2c1. The fourth-order valence-electron chi connectivity index (χ4n) is 3.11. The highest BCUT2D eigenvalue weighted by Crippen LogP contribution is 2.32. The van der Waals surface area contributed by atoms with Crippen LogP contribution in [0, 0.1) is 0 Å². The van der Waals surface area contributed by atoms with Gasteiger partial charge in [0.1, 0.15) is 0 Å². The molecular formula is C18H18ClN3O2S2. The molecule has 1 aliphatic heterocycles. The molecule has 2 aromatic carbocycles. The minimum Gasteiger partial charge on any atom is -0.367 e. The van der Waals surface area contributed by atoms with Crippen LogP contribution >= 0.6 is 22.9 Å². The van der Waals surface area contributed by atoms with Gasteiger partial charge in [-0.1, -0.05) is 35.1 Å². The van der Waals surface area contributed by atoms with Crippen LogP contribution in [0.25, 0.3) is 10.2 Å². The van der Waals surface area contributed by atoms with Gasteiger partial charge in [-0.05, 0) is 30.3 Å². The van der Waals surface area contributed by atoms with Crippen molar-refractivity contribution in [3.8, 4) is 0 Å². The Morgan fingerprint density at radius 3 is 2.42 bits per heavy atom. The zero-order valence-electron chi connectivity index (χ0n) is 14.2. The van der Waals surface area contributed by atoms with Crippen molar-refractivity contribution in [2.75, 3.05) is 42.2 Å². The molecule has 4 rings (SSSR count). The highest BCUT2D eigenvalue weighted by atomic mass is 35.5. The van der Waals surface area contributed by atoms with Gasteiger partial charge in [-0.25, -0.2) is 13.4 Å². The van der Waals surface area contributed by atoms with Gasteiger partial charge in [-0.3, -0.25) is 0 Å². The van der Waals surface area contributed by atoms with Crippen molar-refractivity contribution in [1.29, 1.82) is 0 Å². The Kier molecular flexibility index (Phi) is 4.54. The maximum atomic E-state index is 11.7. The van der Waals surface area contributed by atoms with Crippen molar-refractivity contribution >= 4 is 53.8 Å². The van der Waals surface area contributed by atoms with Gasteiger partial charge in [0.25, 0.3) is 0 Å². The molecule has 1 fully saturated rings. The highest BCUT2D eigenvalue weighted by molar-refractivity contribution is 7.90. The molecule has 0 radical (unpaired) electrons. The number of fused-ring (bicyclic) bond motifs is 1. The summed E-state index contributed by atoms with van der Waals surface area (Å²) < 4.78 is 24.4. The number of thiazole rings is 1. The van der Waals surface area contributed by atoms with Crippen LogP contribution in [0.15, 0.2) is 47.4 Å². The molecular weight excluding hydrogens is 390 g/mol. The number of para-hydroxylation sites is 1. The van der Waals surface area contributed by atoms with Crippen LogP contribution in [-0.4, -0.2) is 45.8 Å². The van der Waals surface area contributed by atoms with E-state index in [9.17, 15) is 8.42 Å². The van der Waals surface area contributed by atoms with Gasteiger partial charge in [-0.15, -0.1) is 0 Å². The maximum absolute atomic E-state index is 11.7. The van der Waals surface area contributed by atoms with E-state index >= 15 is 0 Å². The summed E-state index contributed by atoms with van der Waals surface area (Å²) >= 11 is 7.84. The van der Waals surface area contributed by atoms with Crippen molar-refractivity contribution in [2.45, 2.75) is 4.90 Å². The highest BCUT2D eigenvalue weighted by Gasteiger charge is 2.21. The Labute approximate surface area is 161 Å². The van der Waals surface area contributed by atoms with E-state index in [1.54, 1.807) is 29.5 Å². The van der Waals surface area contributed by atoms with E-state index in [2.05, 4.69) is 14.8 Å². The summed E-state index contributed by atoms with van der Waals surface area (Å²) in [4.78, 5) is 9.55. The minimum absolute atomic E-state index is 0.337. The number of piperazine rings is 1. The first-order chi connectivity index (χ1) is 12.4. The minimum atomic E-state index is -3.21. The van der Waals surface area contributed by atoms with E-state index in [1.807, 2.05) is 24.3 Å². The molecule has 0 bridgehead atoms. The second-order valence-electron chi connectivity index (χ2n) is 6.32. The second kappa shape index (κ2) is 6.72. The van der Waals surface area contributed by atoms with Crippen molar-refractivity contribution in [2.24, 2.45) is 0 Å². The molecule has 0 amide bonds. The molecule has 1 aromatic heterocycles. The molecule has 2 heterocycles. The average Bonchev–Trinajstić information content (AvgIpc) is 3.05. The van der Waals surface area contributed by atoms with Gasteiger partial charge in [0.05, 0.1) is 25.8 Å². The van der Waals surface area contributed by atoms with E-state index in [4.69, 9.17) is 11.6 Å². The lowest BCUT2D eigenvalue weighted by Gasteiger charge is -2.36. The van der Waals surface area contributed by atoms with Crippen LogP contribution in [0.5, 0.6) is 0 Å². The van der Waals surface area contributed by atoms with E-state index < -0.39 is 9.84 Å². The zero-order valence-corrected chi connectivity index (χ0v) is 16.6. The summed E-state index contributed by atoms with van der Waals surface area (Å²) in [5.41, 5.74) is 1.90. The number of aromatic nitrogens is 1. The van der Waals surface area contributed by atoms with Gasteiger partial charge in [0.15, 0.2) is 15.0 Å². The second-order valence-corrected chi connectivity index (χ2v) is 9.76. The summed E-state index contributed by atoms with van der Waals surface area (Å²) in [7, 11) is -3.21. The lowest BCUT2D eigenvalue weighted by atomic mass is 10.2. The number of hydrogen-bond acceptors (Lipinski definition) is 6. The number of anilines is 2. The Morgan fingerprint density at radius 1 is 1.04 bits per heavy atom. The first-order valence-electron chi connectivity index (χ1n) is 8.27. The van der Waals surface area contributed by atoms with Crippen LogP contribution in [0.1, 0.15) is 0 Å². The molecule has 1 aliphatic rings. The normalized spacial score (nSPS) is 15.6. The predicted molar refractivity (Wildman–Crippen MR) is 109 cm³/mol. The third-order valence-corrected chi connectivity index (χ3v) is 7.03. The van der Waals surface area contributed by atoms with E-state index in [1.165, 1.54) is 6.26 Å². The van der Waals surface area contributed by atoms with Crippen LogP contribution in [0.3, 0.4) is 0 Å². The largest absolute Gasteiger partial charge is 0.367 e. The van der Waals surface area contributed by atoms with Gasteiger partial charge < -0.3 is 9.80 Å². The van der Waals surface area contributed by atoms with Crippen LogP contribution in [-0.2, 0) is 9.84 Å². The summed E-state index contributed by atoms with van der Waals surface area (Å²) in [6.45, 7) is 3.44. The lowest BCUT2D eigenvalue weighted by molar-refractivity contribution is 0.602. The molecule has 0 spiro atoms. The van der Waals surface area contributed by atoms with E-state index in [0.29, 0.717) is 4.90 Å². The Bertz CT molecular complexity index is 1060. The van der Waals surface area contributed by atoms with Crippen LogP contribution in [0.2, 0.25) is 5.02 Å². The molecule has 8 heteroatoms. The molecule has 0 atom stereocenters. The molecule has 3 aromatic rings. The van der Waals surface area contributed by atoms with Crippen LogP contribution < -0.4 is 9.80 Å². The monoisotopic (exact) mass is 407 g/mol. The molecule has 0 unspecified atom stereocenters. The molecule has 26 heavy (non-hydrogen) atoms. The maximum Gasteiger partial charge on any atom is 0.186 e. The quantitative estimate of drug-likeness (QED) is 0.662. The van der Waals surface area contributed by atoms with Crippen molar-refractivity contribution in [3.63, 3.8) is 0 Å². The van der Waals surface area contributed by atoms with E-state index in [-0.39, 0.29) is 0 Å². The number of hydrogen-bond donors (Lipinski definition) is 0. The fraction of sp³-hybridized carbons (Fsp3) is 0.278. The summed E-state index contributed by atoms with van der Waals surface area (Å²) in [6, 6.07) is 13.0. The van der Waals surface area contributed by atoms with Gasteiger partial charge in [-0.2, -0.15) is 0 Å². The number of halogens is 1. The topological polar surface area (TPSA) is 53.5 Å². The third kappa shape index (κ3) is 3.39. The van der Waals surface area contributed by atoms with Crippen molar-refractivity contribution in [3.05, 3.63) is 47.5 Å². The van der Waals surface area contributed by atoms with Gasteiger partial charge in [0, 0.05) is 32.4 Å². The summed E-state index contributed by atoms with van der Waals surface area (Å²) in [6.07, 6.45) is 1.23. The molecule has 0 N–H and O–H groups in total. The first-order valence-corrected chi connectivity index (χ1v) is 11.4. The fourth-order valence-corrected chi connectivity index (χ4v) is 5.14. The molecule has 136 valence electrons. The molecule has 0 aliphatic carbocycles. The summed E-state index contributed by atoms with van der Waals surface area (Å²) in [5.74, 6) is 0. The number of sulfone groups is 1. The number of benzene rings is 2.